The van der Waals surface area contributed by atoms with Crippen molar-refractivity contribution in [1.29, 1.82) is 0 Å². The number of ether oxygens (including phenoxy) is 1. The fourth-order valence-electron chi connectivity index (χ4n) is 4.00. The highest BCUT2D eigenvalue weighted by atomic mass is 35.5. The van der Waals surface area contributed by atoms with Gasteiger partial charge >= 0.3 is 0 Å². The minimum Gasteiger partial charge on any atom is -0.474 e. The molecule has 36 heavy (non-hydrogen) atoms. The molecule has 13 heteroatoms. The first-order valence-corrected chi connectivity index (χ1v) is 13.6. The molecule has 0 N–H and O–H groups in total. The number of pyridine rings is 1. The van der Waals surface area contributed by atoms with Gasteiger partial charge in [-0.15, -0.1) is 0 Å². The molecule has 4 heterocycles. The second-order valence-electron chi connectivity index (χ2n) is 8.34. The average molecular weight is 547 g/mol. The number of rotatable bonds is 5. The minimum atomic E-state index is -3.30. The summed E-state index contributed by atoms with van der Waals surface area (Å²) < 4.78 is 31.3. The van der Waals surface area contributed by atoms with E-state index >= 15 is 0 Å². The van der Waals surface area contributed by atoms with E-state index in [9.17, 15) is 13.2 Å². The van der Waals surface area contributed by atoms with Crippen LogP contribution in [0.15, 0.2) is 53.9 Å². The SMILES string of the molecule is CS(=O)(=O)c1ccc(-n2ncc3c(OC4CCN(C(=O)c5cnc(Cl)c(Cl)c5)CC4)ncnc32)cc1. The topological polar surface area (TPSA) is 120 Å². The number of piperidine rings is 1. The first-order valence-electron chi connectivity index (χ1n) is 11.0. The lowest BCUT2D eigenvalue weighted by atomic mass is 10.1. The van der Waals surface area contributed by atoms with Gasteiger partial charge in [-0.3, -0.25) is 4.79 Å². The standard InChI is InChI=1S/C23H20Cl2N6O4S/c1-36(33,34)17-4-2-15(3-5-17)31-21-18(12-29-31)22(28-13-27-21)35-16-6-8-30(9-7-16)23(32)14-10-19(24)20(25)26-11-14/h2-5,10-13,16H,6-9H2,1H3. The normalized spacial score (nSPS) is 14.8. The van der Waals surface area contributed by atoms with Crippen molar-refractivity contribution in [3.63, 3.8) is 0 Å². The molecule has 1 aliphatic heterocycles. The van der Waals surface area contributed by atoms with Gasteiger partial charge in [0.25, 0.3) is 5.91 Å². The average Bonchev–Trinajstić information content (AvgIpc) is 3.30. The third-order valence-corrected chi connectivity index (χ3v) is 7.70. The molecule has 186 valence electrons. The van der Waals surface area contributed by atoms with E-state index in [1.165, 1.54) is 30.7 Å². The van der Waals surface area contributed by atoms with Crippen molar-refractivity contribution < 1.29 is 17.9 Å². The zero-order chi connectivity index (χ0) is 25.4. The monoisotopic (exact) mass is 546 g/mol. The lowest BCUT2D eigenvalue weighted by molar-refractivity contribution is 0.0590. The van der Waals surface area contributed by atoms with Crippen LogP contribution in [0.2, 0.25) is 10.2 Å². The maximum atomic E-state index is 12.8. The first-order chi connectivity index (χ1) is 17.2. The number of halogens is 2. The Balaban J connectivity index is 1.29. The molecule has 1 fully saturated rings. The smallest absolute Gasteiger partial charge is 0.255 e. The van der Waals surface area contributed by atoms with Crippen LogP contribution in [0.25, 0.3) is 16.7 Å². The molecule has 0 bridgehead atoms. The minimum absolute atomic E-state index is 0.142. The number of fused-ring (bicyclic) bond motifs is 1. The van der Waals surface area contributed by atoms with E-state index in [2.05, 4.69) is 20.1 Å². The summed E-state index contributed by atoms with van der Waals surface area (Å²) in [6.45, 7) is 1.01. The second-order valence-corrected chi connectivity index (χ2v) is 11.1. The highest BCUT2D eigenvalue weighted by Crippen LogP contribution is 2.27. The number of sulfone groups is 1. The van der Waals surface area contributed by atoms with Gasteiger partial charge in [0.15, 0.2) is 15.5 Å². The molecule has 0 spiro atoms. The highest BCUT2D eigenvalue weighted by Gasteiger charge is 2.26. The summed E-state index contributed by atoms with van der Waals surface area (Å²) in [5.74, 6) is 0.240. The number of likely N-dealkylation sites (tertiary alicyclic amines) is 1. The van der Waals surface area contributed by atoms with Crippen LogP contribution in [0, 0.1) is 0 Å². The maximum Gasteiger partial charge on any atom is 0.255 e. The van der Waals surface area contributed by atoms with Gasteiger partial charge in [-0.2, -0.15) is 5.10 Å². The van der Waals surface area contributed by atoms with Gasteiger partial charge in [0, 0.05) is 38.4 Å². The van der Waals surface area contributed by atoms with E-state index in [-0.39, 0.29) is 27.1 Å². The molecule has 3 aromatic heterocycles. The van der Waals surface area contributed by atoms with E-state index in [1.807, 2.05) is 0 Å². The molecule has 0 radical (unpaired) electrons. The summed E-state index contributed by atoms with van der Waals surface area (Å²) in [5, 5.41) is 5.42. The van der Waals surface area contributed by atoms with Gasteiger partial charge < -0.3 is 9.64 Å². The molecular formula is C23H20Cl2N6O4S. The Bertz CT molecular complexity index is 1550. The quantitative estimate of drug-likeness (QED) is 0.348. The number of nitrogens with zero attached hydrogens (tertiary/aromatic N) is 6. The number of carbonyl (C=O) groups is 1. The number of aromatic nitrogens is 5. The fourth-order valence-corrected chi connectivity index (χ4v) is 4.90. The van der Waals surface area contributed by atoms with Crippen LogP contribution in [-0.4, -0.2) is 69.4 Å². The molecule has 0 saturated carbocycles. The molecule has 1 aromatic carbocycles. The molecule has 10 nitrogen and oxygen atoms in total. The van der Waals surface area contributed by atoms with Crippen LogP contribution in [0.1, 0.15) is 23.2 Å². The number of amides is 1. The van der Waals surface area contributed by atoms with E-state index in [1.54, 1.807) is 27.9 Å². The van der Waals surface area contributed by atoms with Crippen LogP contribution < -0.4 is 4.74 Å². The number of hydrogen-bond donors (Lipinski definition) is 0. The summed E-state index contributed by atoms with van der Waals surface area (Å²) >= 11 is 11.8. The van der Waals surface area contributed by atoms with E-state index in [0.717, 1.165) is 6.26 Å². The number of hydrogen-bond acceptors (Lipinski definition) is 8. The van der Waals surface area contributed by atoms with Crippen molar-refractivity contribution in [2.75, 3.05) is 19.3 Å². The summed E-state index contributed by atoms with van der Waals surface area (Å²) in [4.78, 5) is 27.3. The molecule has 1 amide bonds. The Morgan fingerprint density at radius 1 is 1.06 bits per heavy atom. The van der Waals surface area contributed by atoms with Crippen LogP contribution in [0.5, 0.6) is 5.88 Å². The summed E-state index contributed by atoms with van der Waals surface area (Å²) in [7, 11) is -3.30. The summed E-state index contributed by atoms with van der Waals surface area (Å²) in [6.07, 6.45) is 6.69. The predicted octanol–water partition coefficient (Wildman–Crippen LogP) is 3.60. The number of benzene rings is 1. The molecular weight excluding hydrogens is 527 g/mol. The molecule has 5 rings (SSSR count). The predicted molar refractivity (Wildman–Crippen MR) is 134 cm³/mol. The molecule has 0 aliphatic carbocycles. The zero-order valence-corrected chi connectivity index (χ0v) is 21.3. The van der Waals surface area contributed by atoms with Gasteiger partial charge in [0.2, 0.25) is 5.88 Å². The lowest BCUT2D eigenvalue weighted by Gasteiger charge is -2.32. The molecule has 0 atom stereocenters. The first kappa shape index (κ1) is 24.4. The van der Waals surface area contributed by atoms with Crippen molar-refractivity contribution in [1.82, 2.24) is 29.6 Å². The van der Waals surface area contributed by atoms with Gasteiger partial charge in [0.05, 0.1) is 27.4 Å². The van der Waals surface area contributed by atoms with Crippen molar-refractivity contribution in [3.05, 3.63) is 64.8 Å². The Labute approximate surface area is 216 Å². The van der Waals surface area contributed by atoms with Crippen LogP contribution >= 0.6 is 23.2 Å². The van der Waals surface area contributed by atoms with E-state index in [4.69, 9.17) is 27.9 Å². The van der Waals surface area contributed by atoms with Crippen molar-refractivity contribution in [2.24, 2.45) is 0 Å². The largest absolute Gasteiger partial charge is 0.474 e. The Hall–Kier alpha value is -3.28. The molecule has 0 unspecified atom stereocenters. The van der Waals surface area contributed by atoms with E-state index < -0.39 is 9.84 Å². The fraction of sp³-hybridized carbons (Fsp3) is 0.261. The van der Waals surface area contributed by atoms with Crippen LogP contribution in [-0.2, 0) is 9.84 Å². The van der Waals surface area contributed by atoms with Crippen molar-refractivity contribution in [2.45, 2.75) is 23.8 Å². The van der Waals surface area contributed by atoms with Gasteiger partial charge in [-0.05, 0) is 30.3 Å². The molecule has 1 aliphatic rings. The van der Waals surface area contributed by atoms with E-state index in [0.29, 0.717) is 54.1 Å². The Kier molecular flexibility index (Phi) is 6.54. The lowest BCUT2D eigenvalue weighted by Crippen LogP contribution is -2.41. The van der Waals surface area contributed by atoms with Crippen molar-refractivity contribution >= 4 is 50.0 Å². The third-order valence-electron chi connectivity index (χ3n) is 5.89. The van der Waals surface area contributed by atoms with Crippen LogP contribution in [0.4, 0.5) is 0 Å². The number of carbonyl (C=O) groups excluding carboxylic acids is 1. The van der Waals surface area contributed by atoms with Gasteiger partial charge in [0.1, 0.15) is 23.0 Å². The molecule has 1 saturated heterocycles. The zero-order valence-electron chi connectivity index (χ0n) is 19.0. The molecule has 4 aromatic rings. The van der Waals surface area contributed by atoms with Crippen LogP contribution in [0.3, 0.4) is 0 Å². The Morgan fingerprint density at radius 3 is 2.44 bits per heavy atom. The van der Waals surface area contributed by atoms with Gasteiger partial charge in [-0.1, -0.05) is 23.2 Å². The summed E-state index contributed by atoms with van der Waals surface area (Å²) in [6, 6.07) is 7.91. The highest BCUT2D eigenvalue weighted by molar-refractivity contribution is 7.90. The van der Waals surface area contributed by atoms with Crippen molar-refractivity contribution in [3.8, 4) is 11.6 Å². The summed E-state index contributed by atoms with van der Waals surface area (Å²) in [5.41, 5.74) is 1.58. The Morgan fingerprint density at radius 2 is 1.78 bits per heavy atom. The second kappa shape index (κ2) is 9.64. The van der Waals surface area contributed by atoms with Gasteiger partial charge in [-0.25, -0.2) is 28.1 Å². The third kappa shape index (κ3) is 4.86. The maximum absolute atomic E-state index is 12.8.